The fourth-order valence-corrected chi connectivity index (χ4v) is 2.23. The Morgan fingerprint density at radius 2 is 2.14 bits per heavy atom. The Morgan fingerprint density at radius 1 is 1.33 bits per heavy atom. The number of likely N-dealkylation sites (N-methyl/N-ethyl adjacent to an activating group) is 1. The van der Waals surface area contributed by atoms with Crippen molar-refractivity contribution in [1.29, 1.82) is 0 Å². The van der Waals surface area contributed by atoms with E-state index in [2.05, 4.69) is 46.4 Å². The van der Waals surface area contributed by atoms with Gasteiger partial charge in [-0.25, -0.2) is 0 Å². The summed E-state index contributed by atoms with van der Waals surface area (Å²) in [6.07, 6.45) is 0. The molecular formula is C13H20ClN5O2. The van der Waals surface area contributed by atoms with Crippen LogP contribution >= 0.6 is 12.4 Å². The molecule has 1 aliphatic heterocycles. The highest BCUT2D eigenvalue weighted by Crippen LogP contribution is 2.25. The van der Waals surface area contributed by atoms with Gasteiger partial charge in [0.2, 0.25) is 5.76 Å². The second-order valence-corrected chi connectivity index (χ2v) is 5.43. The number of hydrogen-bond acceptors (Lipinski definition) is 7. The van der Waals surface area contributed by atoms with Gasteiger partial charge >= 0.3 is 0 Å². The third kappa shape index (κ3) is 3.25. The van der Waals surface area contributed by atoms with Crippen LogP contribution in [0.3, 0.4) is 0 Å². The van der Waals surface area contributed by atoms with Crippen molar-refractivity contribution in [2.45, 2.75) is 25.8 Å². The van der Waals surface area contributed by atoms with Crippen molar-refractivity contribution in [2.75, 3.05) is 26.7 Å². The van der Waals surface area contributed by atoms with Crippen molar-refractivity contribution in [3.05, 3.63) is 17.6 Å². The lowest BCUT2D eigenvalue weighted by atomic mass is 10.1. The minimum atomic E-state index is 0. The molecule has 2 aromatic rings. The number of piperazine rings is 1. The highest BCUT2D eigenvalue weighted by atomic mass is 35.5. The molecule has 2 aromatic heterocycles. The number of nitrogens with zero attached hydrogens (tertiary/aromatic N) is 4. The van der Waals surface area contributed by atoms with Gasteiger partial charge in [0.1, 0.15) is 0 Å². The molecule has 3 rings (SSSR count). The van der Waals surface area contributed by atoms with Crippen molar-refractivity contribution in [3.8, 4) is 11.7 Å². The molecule has 0 bridgehead atoms. The lowest BCUT2D eigenvalue weighted by Crippen LogP contribution is -2.44. The first-order valence-corrected chi connectivity index (χ1v) is 6.86. The summed E-state index contributed by atoms with van der Waals surface area (Å²) < 4.78 is 10.6. The van der Waals surface area contributed by atoms with Crippen LogP contribution in [0.2, 0.25) is 0 Å². The fraction of sp³-hybridized carbons (Fsp3) is 0.615. The molecule has 0 radical (unpaired) electrons. The van der Waals surface area contributed by atoms with E-state index in [1.165, 1.54) is 0 Å². The normalized spacial score (nSPS) is 19.7. The van der Waals surface area contributed by atoms with Crippen molar-refractivity contribution in [3.63, 3.8) is 0 Å². The highest BCUT2D eigenvalue weighted by molar-refractivity contribution is 5.85. The van der Waals surface area contributed by atoms with Crippen molar-refractivity contribution in [2.24, 2.45) is 0 Å². The zero-order valence-corrected chi connectivity index (χ0v) is 13.2. The van der Waals surface area contributed by atoms with Gasteiger partial charge in [-0.15, -0.1) is 12.4 Å². The van der Waals surface area contributed by atoms with Crippen LogP contribution in [0.15, 0.2) is 15.1 Å². The second kappa shape index (κ2) is 6.55. The van der Waals surface area contributed by atoms with Crippen molar-refractivity contribution in [1.82, 2.24) is 25.5 Å². The molecule has 1 N–H and O–H groups in total. The van der Waals surface area contributed by atoms with Gasteiger partial charge in [0, 0.05) is 25.7 Å². The maximum Gasteiger partial charge on any atom is 0.296 e. The van der Waals surface area contributed by atoms with Gasteiger partial charge in [0.15, 0.2) is 5.82 Å². The van der Waals surface area contributed by atoms with Gasteiger partial charge in [-0.05, 0) is 13.0 Å². The van der Waals surface area contributed by atoms with Gasteiger partial charge in [0.25, 0.3) is 5.89 Å². The number of halogens is 1. The first-order valence-electron chi connectivity index (χ1n) is 6.86. The average Bonchev–Trinajstić information content (AvgIpc) is 3.08. The molecule has 21 heavy (non-hydrogen) atoms. The van der Waals surface area contributed by atoms with Gasteiger partial charge < -0.3 is 14.4 Å². The van der Waals surface area contributed by atoms with E-state index >= 15 is 0 Å². The highest BCUT2D eigenvalue weighted by Gasteiger charge is 2.26. The zero-order chi connectivity index (χ0) is 14.1. The van der Waals surface area contributed by atoms with Crippen LogP contribution in [0.1, 0.15) is 37.3 Å². The molecular weight excluding hydrogens is 294 g/mol. The summed E-state index contributed by atoms with van der Waals surface area (Å²) in [5, 5.41) is 11.4. The third-order valence-corrected chi connectivity index (χ3v) is 3.58. The van der Waals surface area contributed by atoms with Crippen LogP contribution < -0.4 is 5.32 Å². The minimum absolute atomic E-state index is 0. The molecule has 7 nitrogen and oxygen atoms in total. The van der Waals surface area contributed by atoms with E-state index in [1.54, 1.807) is 0 Å². The Labute approximate surface area is 129 Å². The molecule has 0 spiro atoms. The van der Waals surface area contributed by atoms with E-state index in [-0.39, 0.29) is 18.4 Å². The molecule has 0 aromatic carbocycles. The molecule has 3 heterocycles. The smallest absolute Gasteiger partial charge is 0.296 e. The van der Waals surface area contributed by atoms with Crippen LogP contribution in [-0.4, -0.2) is 46.9 Å². The quantitative estimate of drug-likeness (QED) is 0.926. The molecule has 0 saturated carbocycles. The standard InChI is InChI=1S/C13H19N5O2.ClH/c1-8(2)9-6-11(19-16-9)13-15-12(17-20-13)10-7-14-4-5-18(10)3;/h6,8,10,14H,4-5,7H2,1-3H3;1H. The summed E-state index contributed by atoms with van der Waals surface area (Å²) in [4.78, 5) is 6.65. The SMILES string of the molecule is CC(C)c1cc(-c2nc(C3CNCCN3C)no2)on1.Cl. The van der Waals surface area contributed by atoms with E-state index in [9.17, 15) is 0 Å². The zero-order valence-electron chi connectivity index (χ0n) is 12.4. The first kappa shape index (κ1) is 15.9. The summed E-state index contributed by atoms with van der Waals surface area (Å²) in [5.74, 6) is 1.90. The predicted molar refractivity (Wildman–Crippen MR) is 79.4 cm³/mol. The summed E-state index contributed by atoms with van der Waals surface area (Å²) >= 11 is 0. The molecule has 1 saturated heterocycles. The Hall–Kier alpha value is -1.44. The van der Waals surface area contributed by atoms with E-state index in [1.807, 2.05) is 6.07 Å². The Morgan fingerprint density at radius 3 is 2.81 bits per heavy atom. The number of aromatic nitrogens is 3. The first-order chi connectivity index (χ1) is 9.65. The lowest BCUT2D eigenvalue weighted by molar-refractivity contribution is 0.190. The van der Waals surface area contributed by atoms with Gasteiger partial charge in [-0.1, -0.05) is 24.2 Å². The molecule has 0 aliphatic carbocycles. The molecule has 116 valence electrons. The van der Waals surface area contributed by atoms with Crippen LogP contribution in [0.4, 0.5) is 0 Å². The Bertz CT molecular complexity index is 583. The van der Waals surface area contributed by atoms with Crippen LogP contribution in [0.5, 0.6) is 0 Å². The second-order valence-electron chi connectivity index (χ2n) is 5.43. The summed E-state index contributed by atoms with van der Waals surface area (Å²) in [5.41, 5.74) is 0.885. The molecule has 8 heteroatoms. The third-order valence-electron chi connectivity index (χ3n) is 3.58. The number of hydrogen-bond donors (Lipinski definition) is 1. The Balaban J connectivity index is 0.00000161. The van der Waals surface area contributed by atoms with Gasteiger partial charge in [-0.2, -0.15) is 4.98 Å². The molecule has 1 atom stereocenters. The van der Waals surface area contributed by atoms with Crippen LogP contribution in [-0.2, 0) is 0 Å². The fourth-order valence-electron chi connectivity index (χ4n) is 2.23. The lowest BCUT2D eigenvalue weighted by Gasteiger charge is -2.30. The molecule has 1 aliphatic rings. The minimum Gasteiger partial charge on any atom is -0.351 e. The average molecular weight is 314 g/mol. The van der Waals surface area contributed by atoms with Gasteiger partial charge in [-0.3, -0.25) is 4.90 Å². The monoisotopic (exact) mass is 313 g/mol. The van der Waals surface area contributed by atoms with Gasteiger partial charge in [0.05, 0.1) is 11.7 Å². The van der Waals surface area contributed by atoms with Crippen molar-refractivity contribution < 1.29 is 9.05 Å². The largest absolute Gasteiger partial charge is 0.351 e. The summed E-state index contributed by atoms with van der Waals surface area (Å²) in [7, 11) is 2.06. The maximum atomic E-state index is 5.30. The molecule has 1 fully saturated rings. The van der Waals surface area contributed by atoms with E-state index in [0.717, 1.165) is 25.3 Å². The van der Waals surface area contributed by atoms with E-state index < -0.39 is 0 Å². The van der Waals surface area contributed by atoms with Crippen LogP contribution in [0, 0.1) is 0 Å². The molecule has 0 amide bonds. The van der Waals surface area contributed by atoms with Crippen molar-refractivity contribution >= 4 is 12.4 Å². The molecule has 1 unspecified atom stereocenters. The predicted octanol–water partition coefficient (Wildman–Crippen LogP) is 1.85. The summed E-state index contributed by atoms with van der Waals surface area (Å²) in [6.45, 7) is 6.89. The topological polar surface area (TPSA) is 80.2 Å². The Kier molecular flexibility index (Phi) is 4.97. The van der Waals surface area contributed by atoms with E-state index in [4.69, 9.17) is 9.05 Å². The van der Waals surface area contributed by atoms with Crippen LogP contribution in [0.25, 0.3) is 11.7 Å². The maximum absolute atomic E-state index is 5.30. The number of nitrogens with one attached hydrogen (secondary N) is 1. The number of rotatable bonds is 3. The summed E-state index contributed by atoms with van der Waals surface area (Å²) in [6, 6.07) is 1.99. The van der Waals surface area contributed by atoms with E-state index in [0.29, 0.717) is 23.4 Å².